The van der Waals surface area contributed by atoms with Crippen molar-refractivity contribution in [3.05, 3.63) is 29.6 Å². The molecule has 2 aliphatic heterocycles. The maximum absolute atomic E-state index is 11.8. The van der Waals surface area contributed by atoms with Crippen LogP contribution in [0.5, 0.6) is 0 Å². The topological polar surface area (TPSA) is 54.5 Å². The lowest BCUT2D eigenvalue weighted by atomic mass is 10.1. The van der Waals surface area contributed by atoms with Crippen molar-refractivity contribution < 1.29 is 9.53 Å². The van der Waals surface area contributed by atoms with Crippen molar-refractivity contribution in [1.82, 2.24) is 4.98 Å². The molecule has 1 aromatic heterocycles. The number of hydrogen-bond acceptors (Lipinski definition) is 5. The molecule has 1 atom stereocenters. The fourth-order valence-electron chi connectivity index (χ4n) is 3.23. The summed E-state index contributed by atoms with van der Waals surface area (Å²) in [6.45, 7) is 2.52. The van der Waals surface area contributed by atoms with Crippen LogP contribution >= 0.6 is 11.3 Å². The molecule has 2 saturated heterocycles. The molecule has 0 bridgehead atoms. The van der Waals surface area contributed by atoms with Gasteiger partial charge in [0.15, 0.2) is 5.13 Å². The largest absolute Gasteiger partial charge is 0.376 e. The highest BCUT2D eigenvalue weighted by Gasteiger charge is 2.21. The molecule has 0 unspecified atom stereocenters. The molecule has 126 valence electrons. The van der Waals surface area contributed by atoms with Crippen LogP contribution in [0.1, 0.15) is 25.7 Å². The lowest BCUT2D eigenvalue weighted by Gasteiger charge is -2.15. The Bertz CT molecular complexity index is 707. The minimum absolute atomic E-state index is 0.219. The van der Waals surface area contributed by atoms with Crippen LogP contribution in [0, 0.1) is 0 Å². The number of amides is 1. The van der Waals surface area contributed by atoms with E-state index in [9.17, 15) is 4.79 Å². The van der Waals surface area contributed by atoms with Crippen LogP contribution in [0.15, 0.2) is 29.6 Å². The van der Waals surface area contributed by atoms with Gasteiger partial charge in [0.1, 0.15) is 0 Å². The predicted molar refractivity (Wildman–Crippen MR) is 96.6 cm³/mol. The summed E-state index contributed by atoms with van der Waals surface area (Å²) in [5.41, 5.74) is 3.02. The number of thiazole rings is 1. The summed E-state index contributed by atoms with van der Waals surface area (Å²) in [6, 6.07) is 8.11. The van der Waals surface area contributed by atoms with E-state index in [2.05, 4.69) is 15.7 Å². The summed E-state index contributed by atoms with van der Waals surface area (Å²) in [7, 11) is 0. The van der Waals surface area contributed by atoms with Gasteiger partial charge in [-0.25, -0.2) is 4.98 Å². The Hall–Kier alpha value is -1.92. The molecule has 1 aromatic carbocycles. The molecule has 1 amide bonds. The van der Waals surface area contributed by atoms with Gasteiger partial charge in [-0.2, -0.15) is 0 Å². The van der Waals surface area contributed by atoms with Crippen molar-refractivity contribution in [2.24, 2.45) is 0 Å². The summed E-state index contributed by atoms with van der Waals surface area (Å²) in [5, 5.41) is 6.36. The van der Waals surface area contributed by atoms with Gasteiger partial charge in [-0.05, 0) is 31.4 Å². The normalized spacial score (nSPS) is 20.8. The molecule has 0 saturated carbocycles. The second-order valence-corrected chi connectivity index (χ2v) is 7.11. The molecule has 2 aliphatic rings. The minimum atomic E-state index is 0.219. The van der Waals surface area contributed by atoms with E-state index in [0.717, 1.165) is 61.0 Å². The molecule has 5 nitrogen and oxygen atoms in total. The van der Waals surface area contributed by atoms with E-state index in [1.165, 1.54) is 0 Å². The zero-order valence-electron chi connectivity index (χ0n) is 13.5. The highest BCUT2D eigenvalue weighted by Crippen LogP contribution is 2.28. The third-order valence-corrected chi connectivity index (χ3v) is 5.36. The van der Waals surface area contributed by atoms with Gasteiger partial charge in [-0.15, -0.1) is 11.3 Å². The van der Waals surface area contributed by atoms with Crippen LogP contribution in [-0.2, 0) is 9.53 Å². The predicted octanol–water partition coefficient (Wildman–Crippen LogP) is 3.53. The number of ether oxygens (including phenoxy) is 1. The van der Waals surface area contributed by atoms with Gasteiger partial charge < -0.3 is 15.0 Å². The maximum atomic E-state index is 11.8. The second kappa shape index (κ2) is 6.91. The van der Waals surface area contributed by atoms with Gasteiger partial charge in [-0.1, -0.05) is 12.1 Å². The van der Waals surface area contributed by atoms with E-state index < -0.39 is 0 Å². The van der Waals surface area contributed by atoms with Crippen LogP contribution in [0.4, 0.5) is 10.8 Å². The van der Waals surface area contributed by atoms with Crippen LogP contribution in [0.25, 0.3) is 11.3 Å². The lowest BCUT2D eigenvalue weighted by Crippen LogP contribution is -2.23. The third kappa shape index (κ3) is 3.30. The van der Waals surface area contributed by atoms with E-state index in [1.807, 2.05) is 29.2 Å². The molecular weight excluding hydrogens is 322 g/mol. The zero-order valence-corrected chi connectivity index (χ0v) is 14.3. The first kappa shape index (κ1) is 15.6. The Kier molecular flexibility index (Phi) is 4.49. The average molecular weight is 343 g/mol. The molecule has 1 N–H and O–H groups in total. The molecule has 2 fully saturated rings. The number of aromatic nitrogens is 1. The van der Waals surface area contributed by atoms with E-state index in [1.54, 1.807) is 11.3 Å². The number of nitrogens with one attached hydrogen (secondary N) is 1. The molecule has 24 heavy (non-hydrogen) atoms. The van der Waals surface area contributed by atoms with Gasteiger partial charge in [-0.3, -0.25) is 4.79 Å². The Morgan fingerprint density at radius 2 is 2.17 bits per heavy atom. The Morgan fingerprint density at radius 3 is 2.88 bits per heavy atom. The summed E-state index contributed by atoms with van der Waals surface area (Å²) < 4.78 is 5.62. The molecule has 6 heteroatoms. The molecular formula is C18H21N3O2S. The highest BCUT2D eigenvalue weighted by atomic mass is 32.1. The lowest BCUT2D eigenvalue weighted by molar-refractivity contribution is -0.117. The Balaban J connectivity index is 1.41. The number of hydrogen-bond donors (Lipinski definition) is 1. The van der Waals surface area contributed by atoms with Crippen LogP contribution < -0.4 is 10.2 Å². The number of benzene rings is 1. The Labute approximate surface area is 145 Å². The van der Waals surface area contributed by atoms with Crippen molar-refractivity contribution in [3.63, 3.8) is 0 Å². The van der Waals surface area contributed by atoms with Gasteiger partial charge in [0.25, 0.3) is 0 Å². The van der Waals surface area contributed by atoms with E-state index >= 15 is 0 Å². The van der Waals surface area contributed by atoms with Gasteiger partial charge in [0, 0.05) is 42.7 Å². The number of nitrogens with zero attached hydrogens (tertiary/aromatic N) is 2. The first-order valence-electron chi connectivity index (χ1n) is 8.51. The smallest absolute Gasteiger partial charge is 0.227 e. The first-order valence-corrected chi connectivity index (χ1v) is 9.39. The highest BCUT2D eigenvalue weighted by molar-refractivity contribution is 7.14. The van der Waals surface area contributed by atoms with Crippen molar-refractivity contribution in [2.75, 3.05) is 29.9 Å². The van der Waals surface area contributed by atoms with Crippen molar-refractivity contribution in [1.29, 1.82) is 0 Å². The standard InChI is InChI=1S/C18H21N3O2S/c22-17-4-1-9-21(17)14-7-5-13(6-8-14)16-12-24-18(20-16)19-11-15-3-2-10-23-15/h5-8,12,15H,1-4,9-11H2,(H,19,20)/t15-/m0/s1. The van der Waals surface area contributed by atoms with Crippen LogP contribution in [0.3, 0.4) is 0 Å². The van der Waals surface area contributed by atoms with Gasteiger partial charge in [0.2, 0.25) is 5.91 Å². The fourth-order valence-corrected chi connectivity index (χ4v) is 3.96. The van der Waals surface area contributed by atoms with Gasteiger partial charge >= 0.3 is 0 Å². The van der Waals surface area contributed by atoms with E-state index in [4.69, 9.17) is 4.74 Å². The fraction of sp³-hybridized carbons (Fsp3) is 0.444. The monoisotopic (exact) mass is 343 g/mol. The first-order chi connectivity index (χ1) is 11.8. The SMILES string of the molecule is O=C1CCCN1c1ccc(-c2csc(NC[C@@H]3CCCO3)n2)cc1. The average Bonchev–Trinajstić information content (AvgIpc) is 3.35. The van der Waals surface area contributed by atoms with Crippen LogP contribution in [-0.4, -0.2) is 36.7 Å². The van der Waals surface area contributed by atoms with Crippen molar-refractivity contribution in [2.45, 2.75) is 31.8 Å². The third-order valence-electron chi connectivity index (χ3n) is 4.56. The molecule has 3 heterocycles. The second-order valence-electron chi connectivity index (χ2n) is 6.25. The summed E-state index contributed by atoms with van der Waals surface area (Å²) in [5.74, 6) is 0.219. The number of carbonyl (C=O) groups excluding carboxylic acids is 1. The number of rotatable bonds is 5. The molecule has 4 rings (SSSR count). The van der Waals surface area contributed by atoms with Crippen molar-refractivity contribution >= 4 is 28.1 Å². The maximum Gasteiger partial charge on any atom is 0.227 e. The minimum Gasteiger partial charge on any atom is -0.376 e. The van der Waals surface area contributed by atoms with E-state index in [0.29, 0.717) is 12.5 Å². The van der Waals surface area contributed by atoms with Crippen molar-refractivity contribution in [3.8, 4) is 11.3 Å². The zero-order chi connectivity index (χ0) is 16.4. The summed E-state index contributed by atoms with van der Waals surface area (Å²) in [4.78, 5) is 18.3. The number of anilines is 2. The van der Waals surface area contributed by atoms with E-state index in [-0.39, 0.29) is 5.91 Å². The molecule has 0 aliphatic carbocycles. The molecule has 0 spiro atoms. The summed E-state index contributed by atoms with van der Waals surface area (Å²) >= 11 is 1.62. The van der Waals surface area contributed by atoms with Crippen LogP contribution in [0.2, 0.25) is 0 Å². The number of carbonyl (C=O) groups is 1. The quantitative estimate of drug-likeness (QED) is 0.902. The molecule has 2 aromatic rings. The summed E-state index contributed by atoms with van der Waals surface area (Å²) in [6.07, 6.45) is 4.21. The Morgan fingerprint density at radius 1 is 1.29 bits per heavy atom. The molecule has 0 radical (unpaired) electrons. The van der Waals surface area contributed by atoms with Gasteiger partial charge in [0.05, 0.1) is 11.8 Å².